The number of amides is 1. The Balaban J connectivity index is 1.66. The van der Waals surface area contributed by atoms with Crippen molar-refractivity contribution in [2.24, 2.45) is 0 Å². The van der Waals surface area contributed by atoms with E-state index in [2.05, 4.69) is 10.6 Å². The van der Waals surface area contributed by atoms with Crippen LogP contribution in [0.15, 0.2) is 0 Å². The molecule has 0 aromatic heterocycles. The lowest BCUT2D eigenvalue weighted by atomic mass is 10.3. The molecule has 1 aliphatic carbocycles. The van der Waals surface area contributed by atoms with Crippen molar-refractivity contribution in [3.05, 3.63) is 0 Å². The highest BCUT2D eigenvalue weighted by Gasteiger charge is 2.26. The smallest absolute Gasteiger partial charge is 0.275 e. The molecule has 1 amide bonds. The Morgan fingerprint density at radius 1 is 1.38 bits per heavy atom. The third kappa shape index (κ3) is 2.97. The molecule has 74 valence electrons. The van der Waals surface area contributed by atoms with Gasteiger partial charge in [-0.25, -0.2) is 0 Å². The topological polar surface area (TPSA) is 50.2 Å². The molecule has 4 heteroatoms. The second-order valence-electron chi connectivity index (χ2n) is 4.13. The number of carbonyl (C=O) groups excluding carboxylic acids is 1. The number of hydrogen-bond acceptors (Lipinski definition) is 1. The van der Waals surface area contributed by atoms with Crippen molar-refractivity contribution in [1.82, 2.24) is 5.32 Å². The Kier molecular flexibility index (Phi) is 2.80. The van der Waals surface area contributed by atoms with Crippen LogP contribution in [0.5, 0.6) is 0 Å². The Morgan fingerprint density at radius 2 is 2.08 bits per heavy atom. The second kappa shape index (κ2) is 4.07. The second-order valence-corrected chi connectivity index (χ2v) is 4.13. The Labute approximate surface area is 78.7 Å². The highest BCUT2D eigenvalue weighted by Crippen LogP contribution is 2.17. The van der Waals surface area contributed by atoms with Crippen LogP contribution < -0.4 is 15.5 Å². The first-order chi connectivity index (χ1) is 6.34. The van der Waals surface area contributed by atoms with Gasteiger partial charge in [0, 0.05) is 6.04 Å². The minimum atomic E-state index is 0.249. The van der Waals surface area contributed by atoms with Crippen molar-refractivity contribution in [2.45, 2.75) is 18.9 Å². The van der Waals surface area contributed by atoms with Crippen molar-refractivity contribution in [1.29, 1.82) is 0 Å². The van der Waals surface area contributed by atoms with Gasteiger partial charge in [0.25, 0.3) is 5.91 Å². The molecular weight excluding hydrogens is 166 g/mol. The highest BCUT2D eigenvalue weighted by molar-refractivity contribution is 5.77. The van der Waals surface area contributed by atoms with E-state index in [1.165, 1.54) is 30.8 Å². The van der Waals surface area contributed by atoms with E-state index in [9.17, 15) is 4.79 Å². The summed E-state index contributed by atoms with van der Waals surface area (Å²) in [7, 11) is 0. The van der Waals surface area contributed by atoms with Crippen LogP contribution in [0.1, 0.15) is 12.8 Å². The van der Waals surface area contributed by atoms with E-state index in [-0.39, 0.29) is 5.91 Å². The molecule has 0 unspecified atom stereocenters. The van der Waals surface area contributed by atoms with Gasteiger partial charge in [0.15, 0.2) is 6.54 Å². The zero-order chi connectivity index (χ0) is 9.10. The molecule has 1 heterocycles. The van der Waals surface area contributed by atoms with Gasteiger partial charge in [0.05, 0.1) is 0 Å². The van der Waals surface area contributed by atoms with Crippen molar-refractivity contribution in [2.75, 3.05) is 32.7 Å². The molecule has 1 saturated heterocycles. The average Bonchev–Trinajstić information content (AvgIpc) is 2.90. The zero-order valence-electron chi connectivity index (χ0n) is 8.01. The highest BCUT2D eigenvalue weighted by atomic mass is 16.2. The summed E-state index contributed by atoms with van der Waals surface area (Å²) < 4.78 is 0. The summed E-state index contributed by atoms with van der Waals surface area (Å²) >= 11 is 0. The van der Waals surface area contributed by atoms with Gasteiger partial charge in [-0.2, -0.15) is 0 Å². The molecule has 0 atom stereocenters. The Hall–Kier alpha value is -0.610. The SMILES string of the molecule is O=C(C[NH+]1CC[NH2+]CC1)NC1CC1. The molecule has 13 heavy (non-hydrogen) atoms. The van der Waals surface area contributed by atoms with E-state index in [1.807, 2.05) is 0 Å². The standard InChI is InChI=1S/C9H17N3O/c13-9(11-8-1-2-8)7-12-5-3-10-4-6-12/h8,10H,1-7H2,(H,11,13)/p+2. The quantitative estimate of drug-likeness (QED) is 0.424. The summed E-state index contributed by atoms with van der Waals surface area (Å²) in [4.78, 5) is 12.9. The maximum Gasteiger partial charge on any atom is 0.275 e. The van der Waals surface area contributed by atoms with Crippen LogP contribution in [0.4, 0.5) is 0 Å². The number of rotatable bonds is 3. The molecule has 0 spiro atoms. The van der Waals surface area contributed by atoms with E-state index in [0.717, 1.165) is 13.1 Å². The van der Waals surface area contributed by atoms with Gasteiger partial charge in [-0.05, 0) is 12.8 Å². The predicted molar refractivity (Wildman–Crippen MR) is 48.4 cm³/mol. The molecule has 2 aliphatic rings. The first kappa shape index (κ1) is 8.97. The van der Waals surface area contributed by atoms with Crippen LogP contribution in [0.25, 0.3) is 0 Å². The molecule has 2 rings (SSSR count). The molecule has 0 aromatic carbocycles. The minimum absolute atomic E-state index is 0.249. The van der Waals surface area contributed by atoms with Crippen LogP contribution in [-0.4, -0.2) is 44.7 Å². The fourth-order valence-corrected chi connectivity index (χ4v) is 1.79. The monoisotopic (exact) mass is 185 g/mol. The molecule has 1 aliphatic heterocycles. The predicted octanol–water partition coefficient (Wildman–Crippen LogP) is -3.27. The first-order valence-corrected chi connectivity index (χ1v) is 5.29. The van der Waals surface area contributed by atoms with E-state index in [4.69, 9.17) is 0 Å². The maximum atomic E-state index is 11.4. The van der Waals surface area contributed by atoms with Gasteiger partial charge in [0.2, 0.25) is 0 Å². The molecule has 0 radical (unpaired) electrons. The van der Waals surface area contributed by atoms with Gasteiger partial charge in [-0.3, -0.25) is 4.79 Å². The maximum absolute atomic E-state index is 11.4. The van der Waals surface area contributed by atoms with E-state index < -0.39 is 0 Å². The fourth-order valence-electron chi connectivity index (χ4n) is 1.79. The van der Waals surface area contributed by atoms with Crippen LogP contribution in [0.2, 0.25) is 0 Å². The number of nitrogens with one attached hydrogen (secondary N) is 2. The van der Waals surface area contributed by atoms with Crippen molar-refractivity contribution < 1.29 is 15.0 Å². The average molecular weight is 185 g/mol. The molecule has 0 bridgehead atoms. The number of nitrogens with two attached hydrogens (primary N) is 1. The van der Waals surface area contributed by atoms with Crippen LogP contribution in [-0.2, 0) is 4.79 Å². The summed E-state index contributed by atoms with van der Waals surface area (Å²) in [5.41, 5.74) is 0. The third-order valence-corrected chi connectivity index (χ3v) is 2.76. The van der Waals surface area contributed by atoms with Crippen molar-refractivity contribution >= 4 is 5.91 Å². The Bertz CT molecular complexity index is 185. The summed E-state index contributed by atoms with van der Waals surface area (Å²) in [5, 5.41) is 5.35. The van der Waals surface area contributed by atoms with E-state index >= 15 is 0 Å². The lowest BCUT2D eigenvalue weighted by Gasteiger charge is -2.21. The third-order valence-electron chi connectivity index (χ3n) is 2.76. The number of carbonyl (C=O) groups is 1. The van der Waals surface area contributed by atoms with Crippen LogP contribution >= 0.6 is 0 Å². The minimum Gasteiger partial charge on any atom is -0.348 e. The van der Waals surface area contributed by atoms with Gasteiger partial charge in [-0.1, -0.05) is 0 Å². The van der Waals surface area contributed by atoms with Crippen molar-refractivity contribution in [3.63, 3.8) is 0 Å². The lowest BCUT2D eigenvalue weighted by Crippen LogP contribution is -3.21. The van der Waals surface area contributed by atoms with Gasteiger partial charge in [-0.15, -0.1) is 0 Å². The van der Waals surface area contributed by atoms with Crippen molar-refractivity contribution in [3.8, 4) is 0 Å². The molecule has 4 nitrogen and oxygen atoms in total. The van der Waals surface area contributed by atoms with E-state index in [1.54, 1.807) is 0 Å². The summed E-state index contributed by atoms with van der Waals surface area (Å²) in [5.74, 6) is 0.249. The zero-order valence-corrected chi connectivity index (χ0v) is 8.01. The first-order valence-electron chi connectivity index (χ1n) is 5.29. The summed E-state index contributed by atoms with van der Waals surface area (Å²) in [6.07, 6.45) is 2.38. The van der Waals surface area contributed by atoms with Crippen LogP contribution in [0.3, 0.4) is 0 Å². The largest absolute Gasteiger partial charge is 0.348 e. The normalized spacial score (nSPS) is 24.3. The number of piperazine rings is 1. The molecular formula is C9H19N3O+2. The molecule has 2 fully saturated rings. The molecule has 0 aromatic rings. The lowest BCUT2D eigenvalue weighted by molar-refractivity contribution is -0.940. The van der Waals surface area contributed by atoms with Crippen LogP contribution in [0, 0.1) is 0 Å². The number of hydrogen-bond donors (Lipinski definition) is 3. The van der Waals surface area contributed by atoms with E-state index in [0.29, 0.717) is 12.6 Å². The van der Waals surface area contributed by atoms with Gasteiger partial charge >= 0.3 is 0 Å². The molecule has 4 N–H and O–H groups in total. The fraction of sp³-hybridized carbons (Fsp3) is 0.889. The Morgan fingerprint density at radius 3 is 2.69 bits per heavy atom. The summed E-state index contributed by atoms with van der Waals surface area (Å²) in [6, 6.07) is 0.517. The molecule has 1 saturated carbocycles. The van der Waals surface area contributed by atoms with Gasteiger partial charge < -0.3 is 15.5 Å². The van der Waals surface area contributed by atoms with Gasteiger partial charge in [0.1, 0.15) is 26.2 Å². The number of quaternary nitrogens is 2. The summed E-state index contributed by atoms with van der Waals surface area (Å²) in [6.45, 7) is 5.30.